The average molecular weight is 321 g/mol. The molecule has 0 bridgehead atoms. The van der Waals surface area contributed by atoms with E-state index in [1.807, 2.05) is 45.0 Å². The maximum absolute atomic E-state index is 12.4. The Morgan fingerprint density at radius 2 is 1.91 bits per heavy atom. The summed E-state index contributed by atoms with van der Waals surface area (Å²) in [6.45, 7) is 6.41. The first kappa shape index (κ1) is 16.6. The lowest BCUT2D eigenvalue weighted by molar-refractivity contribution is 0.0905. The molecule has 1 N–H and O–H groups in total. The molecule has 0 aliphatic rings. The number of hydrogen-bond acceptors (Lipinski definition) is 2. The topological polar surface area (TPSA) is 43.3 Å². The van der Waals surface area contributed by atoms with Crippen LogP contribution >= 0.6 is 11.6 Å². The molecular formula is C17H21ClN2O2. The van der Waals surface area contributed by atoms with Crippen molar-refractivity contribution >= 4 is 17.5 Å². The van der Waals surface area contributed by atoms with Gasteiger partial charge in [0, 0.05) is 30.2 Å². The average Bonchev–Trinajstić information content (AvgIpc) is 2.79. The minimum absolute atomic E-state index is 0.0766. The molecule has 0 radical (unpaired) electrons. The zero-order chi connectivity index (χ0) is 16.3. The van der Waals surface area contributed by atoms with E-state index in [4.69, 9.17) is 16.3 Å². The van der Waals surface area contributed by atoms with Gasteiger partial charge in [-0.05, 0) is 51.1 Å². The van der Waals surface area contributed by atoms with E-state index in [1.54, 1.807) is 13.2 Å². The van der Waals surface area contributed by atoms with Crippen molar-refractivity contribution < 1.29 is 9.53 Å². The fraction of sp³-hybridized carbons (Fsp3) is 0.353. The predicted molar refractivity (Wildman–Crippen MR) is 89.1 cm³/mol. The minimum Gasteiger partial charge on any atom is -0.383 e. The van der Waals surface area contributed by atoms with Gasteiger partial charge in [0.05, 0.1) is 17.2 Å². The highest BCUT2D eigenvalue weighted by Crippen LogP contribution is 2.23. The molecule has 0 aliphatic heterocycles. The lowest BCUT2D eigenvalue weighted by Gasteiger charge is -2.15. The molecule has 1 atom stereocenters. The molecule has 0 aliphatic carbocycles. The van der Waals surface area contributed by atoms with Crippen molar-refractivity contribution in [3.63, 3.8) is 0 Å². The Morgan fingerprint density at radius 3 is 2.50 bits per heavy atom. The lowest BCUT2D eigenvalue weighted by atomic mass is 10.1. The van der Waals surface area contributed by atoms with E-state index in [0.29, 0.717) is 17.2 Å². The summed E-state index contributed by atoms with van der Waals surface area (Å²) in [4.78, 5) is 12.4. The number of hydrogen-bond donors (Lipinski definition) is 1. The van der Waals surface area contributed by atoms with Crippen molar-refractivity contribution in [2.45, 2.75) is 26.8 Å². The molecule has 1 aromatic carbocycles. The molecule has 2 rings (SSSR count). The van der Waals surface area contributed by atoms with E-state index in [1.165, 1.54) is 0 Å². The summed E-state index contributed by atoms with van der Waals surface area (Å²) < 4.78 is 7.12. The summed E-state index contributed by atoms with van der Waals surface area (Å²) in [5.74, 6) is -0.195. The Balaban J connectivity index is 2.33. The first-order valence-corrected chi connectivity index (χ1v) is 7.56. The second-order valence-corrected chi connectivity index (χ2v) is 5.85. The third-order valence-electron chi connectivity index (χ3n) is 3.52. The van der Waals surface area contributed by atoms with Crippen LogP contribution in [-0.4, -0.2) is 30.2 Å². The number of nitrogens with zero attached hydrogens (tertiary/aromatic N) is 1. The van der Waals surface area contributed by atoms with Gasteiger partial charge in [-0.25, -0.2) is 0 Å². The monoisotopic (exact) mass is 320 g/mol. The summed E-state index contributed by atoms with van der Waals surface area (Å²) >= 11 is 6.19. The number of nitrogens with one attached hydrogen (secondary N) is 1. The molecule has 1 amide bonds. The number of aromatic nitrogens is 1. The number of amides is 1. The SMILES string of the molecule is COC[C@H](C)NC(=O)c1cc(-n2c(C)ccc2C)ccc1Cl. The molecular weight excluding hydrogens is 300 g/mol. The van der Waals surface area contributed by atoms with E-state index in [-0.39, 0.29) is 11.9 Å². The number of methoxy groups -OCH3 is 1. The number of ether oxygens (including phenoxy) is 1. The Labute approximate surface area is 136 Å². The highest BCUT2D eigenvalue weighted by Gasteiger charge is 2.15. The minimum atomic E-state index is -0.195. The Morgan fingerprint density at radius 1 is 1.27 bits per heavy atom. The van der Waals surface area contributed by atoms with Crippen molar-refractivity contribution in [1.29, 1.82) is 0 Å². The van der Waals surface area contributed by atoms with Crippen molar-refractivity contribution in [3.8, 4) is 5.69 Å². The molecule has 0 spiro atoms. The van der Waals surface area contributed by atoms with E-state index in [9.17, 15) is 4.79 Å². The van der Waals surface area contributed by atoms with Crippen LogP contribution in [-0.2, 0) is 4.74 Å². The van der Waals surface area contributed by atoms with Crippen LogP contribution in [0.4, 0.5) is 0 Å². The Bertz CT molecular complexity index is 660. The van der Waals surface area contributed by atoms with Crippen LogP contribution in [0.15, 0.2) is 30.3 Å². The molecule has 2 aromatic rings. The van der Waals surface area contributed by atoms with Crippen LogP contribution in [0.1, 0.15) is 28.7 Å². The van der Waals surface area contributed by atoms with Crippen molar-refractivity contribution in [2.75, 3.05) is 13.7 Å². The van der Waals surface area contributed by atoms with Gasteiger partial charge in [-0.2, -0.15) is 0 Å². The summed E-state index contributed by atoms with van der Waals surface area (Å²) in [5, 5.41) is 3.32. The standard InChI is InChI=1S/C17H21ClN2O2/c1-11(10-22-4)19-17(21)15-9-14(7-8-16(15)18)20-12(2)5-6-13(20)3/h5-9,11H,10H2,1-4H3,(H,19,21)/t11-/m0/s1. The number of benzene rings is 1. The molecule has 1 heterocycles. The first-order chi connectivity index (χ1) is 10.4. The van der Waals surface area contributed by atoms with Crippen LogP contribution in [0.5, 0.6) is 0 Å². The largest absolute Gasteiger partial charge is 0.383 e. The highest BCUT2D eigenvalue weighted by atomic mass is 35.5. The number of rotatable bonds is 5. The van der Waals surface area contributed by atoms with Gasteiger partial charge in [0.1, 0.15) is 0 Å². The maximum atomic E-state index is 12.4. The first-order valence-electron chi connectivity index (χ1n) is 7.18. The molecule has 1 aromatic heterocycles. The summed E-state index contributed by atoms with van der Waals surface area (Å²) in [7, 11) is 1.61. The van der Waals surface area contributed by atoms with Crippen LogP contribution in [0, 0.1) is 13.8 Å². The molecule has 118 valence electrons. The second kappa shape index (κ2) is 6.99. The molecule has 0 saturated heterocycles. The highest BCUT2D eigenvalue weighted by molar-refractivity contribution is 6.33. The number of aryl methyl sites for hydroxylation is 2. The van der Waals surface area contributed by atoms with Gasteiger partial charge < -0.3 is 14.6 Å². The fourth-order valence-electron chi connectivity index (χ4n) is 2.50. The number of carbonyl (C=O) groups is 1. The molecule has 0 saturated carbocycles. The van der Waals surface area contributed by atoms with Gasteiger partial charge in [-0.3, -0.25) is 4.79 Å². The molecule has 0 unspecified atom stereocenters. The van der Waals surface area contributed by atoms with Crippen molar-refractivity contribution in [1.82, 2.24) is 9.88 Å². The molecule has 22 heavy (non-hydrogen) atoms. The van der Waals surface area contributed by atoms with Gasteiger partial charge >= 0.3 is 0 Å². The van der Waals surface area contributed by atoms with E-state index in [0.717, 1.165) is 17.1 Å². The Hall–Kier alpha value is -1.78. The number of halogens is 1. The molecule has 4 nitrogen and oxygen atoms in total. The van der Waals surface area contributed by atoms with Gasteiger partial charge in [0.2, 0.25) is 0 Å². The Kier molecular flexibility index (Phi) is 5.27. The van der Waals surface area contributed by atoms with Crippen LogP contribution in [0.3, 0.4) is 0 Å². The smallest absolute Gasteiger partial charge is 0.253 e. The van der Waals surface area contributed by atoms with E-state index in [2.05, 4.69) is 9.88 Å². The predicted octanol–water partition coefficient (Wildman–Crippen LogP) is 3.51. The van der Waals surface area contributed by atoms with Crippen molar-refractivity contribution in [2.24, 2.45) is 0 Å². The van der Waals surface area contributed by atoms with Crippen LogP contribution in [0.25, 0.3) is 5.69 Å². The number of carbonyl (C=O) groups excluding carboxylic acids is 1. The summed E-state index contributed by atoms with van der Waals surface area (Å²) in [6.07, 6.45) is 0. The van der Waals surface area contributed by atoms with Gasteiger partial charge in [0.25, 0.3) is 5.91 Å². The third-order valence-corrected chi connectivity index (χ3v) is 3.85. The summed E-state index contributed by atoms with van der Waals surface area (Å²) in [6, 6.07) is 9.50. The van der Waals surface area contributed by atoms with Crippen LogP contribution in [0.2, 0.25) is 5.02 Å². The van der Waals surface area contributed by atoms with Gasteiger partial charge in [0.15, 0.2) is 0 Å². The van der Waals surface area contributed by atoms with Gasteiger partial charge in [-0.15, -0.1) is 0 Å². The lowest BCUT2D eigenvalue weighted by Crippen LogP contribution is -2.35. The molecule has 5 heteroatoms. The maximum Gasteiger partial charge on any atom is 0.253 e. The second-order valence-electron chi connectivity index (χ2n) is 5.45. The van der Waals surface area contributed by atoms with Crippen molar-refractivity contribution in [3.05, 3.63) is 52.3 Å². The summed E-state index contributed by atoms with van der Waals surface area (Å²) in [5.41, 5.74) is 3.61. The molecule has 0 fully saturated rings. The van der Waals surface area contributed by atoms with Crippen LogP contribution < -0.4 is 5.32 Å². The van der Waals surface area contributed by atoms with E-state index >= 15 is 0 Å². The zero-order valence-corrected chi connectivity index (χ0v) is 14.1. The van der Waals surface area contributed by atoms with Gasteiger partial charge in [-0.1, -0.05) is 11.6 Å². The van der Waals surface area contributed by atoms with E-state index < -0.39 is 0 Å². The fourth-order valence-corrected chi connectivity index (χ4v) is 2.70. The zero-order valence-electron chi connectivity index (χ0n) is 13.3. The normalized spacial score (nSPS) is 12.2. The quantitative estimate of drug-likeness (QED) is 0.916. The third kappa shape index (κ3) is 3.51.